The van der Waals surface area contributed by atoms with Crippen LogP contribution in [-0.2, 0) is 4.79 Å². The molecule has 0 saturated carbocycles. The van der Waals surface area contributed by atoms with Crippen molar-refractivity contribution in [2.75, 3.05) is 5.32 Å². The fourth-order valence-corrected chi connectivity index (χ4v) is 2.68. The van der Waals surface area contributed by atoms with Crippen LogP contribution in [0.4, 0.5) is 14.5 Å². The first kappa shape index (κ1) is 15.9. The lowest BCUT2D eigenvalue weighted by atomic mass is 10.0. The number of nitrogens with one attached hydrogen (secondary N) is 3. The molecular formula is C16H14ClF2N3O. The molecule has 4 nitrogen and oxygen atoms in total. The largest absolute Gasteiger partial charge is 0.322 e. The van der Waals surface area contributed by atoms with Crippen LogP contribution in [0.15, 0.2) is 42.5 Å². The summed E-state index contributed by atoms with van der Waals surface area (Å²) >= 11 is 5.96. The maximum atomic E-state index is 13.6. The molecule has 23 heavy (non-hydrogen) atoms. The van der Waals surface area contributed by atoms with Gasteiger partial charge in [-0.1, -0.05) is 23.7 Å². The molecule has 3 rings (SSSR count). The molecule has 0 aromatic heterocycles. The molecule has 2 unspecified atom stereocenters. The molecule has 0 radical (unpaired) electrons. The Labute approximate surface area is 136 Å². The van der Waals surface area contributed by atoms with Crippen molar-refractivity contribution in [2.45, 2.75) is 18.5 Å². The second-order valence-electron chi connectivity index (χ2n) is 5.30. The Morgan fingerprint density at radius 1 is 1.17 bits per heavy atom. The summed E-state index contributed by atoms with van der Waals surface area (Å²) in [7, 11) is 0. The number of amides is 1. The maximum absolute atomic E-state index is 13.6. The van der Waals surface area contributed by atoms with Crippen LogP contribution >= 0.6 is 11.6 Å². The third-order valence-corrected chi connectivity index (χ3v) is 3.89. The van der Waals surface area contributed by atoms with Gasteiger partial charge in [0.15, 0.2) is 0 Å². The monoisotopic (exact) mass is 337 g/mol. The summed E-state index contributed by atoms with van der Waals surface area (Å²) < 4.78 is 26.7. The van der Waals surface area contributed by atoms with Gasteiger partial charge in [-0.05, 0) is 36.2 Å². The van der Waals surface area contributed by atoms with Crippen LogP contribution in [0.1, 0.15) is 18.0 Å². The molecule has 0 bridgehead atoms. The number of benzene rings is 2. The molecule has 2 aromatic rings. The second-order valence-corrected chi connectivity index (χ2v) is 5.73. The second kappa shape index (κ2) is 6.62. The van der Waals surface area contributed by atoms with E-state index in [0.717, 1.165) is 23.8 Å². The van der Waals surface area contributed by atoms with Crippen LogP contribution in [0.2, 0.25) is 5.02 Å². The van der Waals surface area contributed by atoms with Gasteiger partial charge in [-0.25, -0.2) is 19.6 Å². The zero-order chi connectivity index (χ0) is 16.4. The van der Waals surface area contributed by atoms with Gasteiger partial charge in [-0.2, -0.15) is 0 Å². The SMILES string of the molecule is O=C(Nc1cc(F)ccc1F)C1CC(c2cccc(Cl)c2)NN1. The van der Waals surface area contributed by atoms with Crippen LogP contribution in [-0.4, -0.2) is 11.9 Å². The highest BCUT2D eigenvalue weighted by molar-refractivity contribution is 6.30. The number of carbonyl (C=O) groups excluding carboxylic acids is 1. The van der Waals surface area contributed by atoms with E-state index in [4.69, 9.17) is 11.6 Å². The van der Waals surface area contributed by atoms with Crippen LogP contribution in [0.25, 0.3) is 0 Å². The molecule has 120 valence electrons. The van der Waals surface area contributed by atoms with Crippen molar-refractivity contribution in [2.24, 2.45) is 0 Å². The zero-order valence-electron chi connectivity index (χ0n) is 11.9. The average Bonchev–Trinajstić information content (AvgIpc) is 3.01. The number of halogens is 3. The van der Waals surface area contributed by atoms with Crippen molar-refractivity contribution in [3.05, 3.63) is 64.7 Å². The first-order chi connectivity index (χ1) is 11.0. The number of hydrogen-bond acceptors (Lipinski definition) is 3. The Bertz CT molecular complexity index is 741. The molecule has 1 aliphatic rings. The lowest BCUT2D eigenvalue weighted by Crippen LogP contribution is -2.39. The minimum absolute atomic E-state index is 0.0955. The summed E-state index contributed by atoms with van der Waals surface area (Å²) in [5.74, 6) is -1.74. The number of rotatable bonds is 3. The summed E-state index contributed by atoms with van der Waals surface area (Å²) in [5.41, 5.74) is 6.63. The number of hydrogen-bond donors (Lipinski definition) is 3. The molecule has 3 N–H and O–H groups in total. The molecule has 0 aliphatic carbocycles. The Balaban J connectivity index is 1.67. The van der Waals surface area contributed by atoms with Gasteiger partial charge in [0, 0.05) is 17.1 Å². The van der Waals surface area contributed by atoms with E-state index in [0.29, 0.717) is 11.4 Å². The van der Waals surface area contributed by atoms with Gasteiger partial charge in [0.1, 0.15) is 17.7 Å². The van der Waals surface area contributed by atoms with Gasteiger partial charge < -0.3 is 5.32 Å². The highest BCUT2D eigenvalue weighted by Gasteiger charge is 2.30. The average molecular weight is 338 g/mol. The predicted octanol–water partition coefficient (Wildman–Crippen LogP) is 3.16. The van der Waals surface area contributed by atoms with E-state index in [-0.39, 0.29) is 11.7 Å². The fourth-order valence-electron chi connectivity index (χ4n) is 2.48. The summed E-state index contributed by atoms with van der Waals surface area (Å²) in [6.45, 7) is 0. The first-order valence-corrected chi connectivity index (χ1v) is 7.43. The van der Waals surface area contributed by atoms with Crippen molar-refractivity contribution in [1.29, 1.82) is 0 Å². The first-order valence-electron chi connectivity index (χ1n) is 7.05. The van der Waals surface area contributed by atoms with Gasteiger partial charge in [0.25, 0.3) is 0 Å². The standard InChI is InChI=1S/C16H14ClF2N3O/c17-10-3-1-2-9(6-10)13-8-15(22-21-13)16(23)20-14-7-11(18)4-5-12(14)19/h1-7,13,15,21-22H,8H2,(H,20,23). The normalized spacial score (nSPS) is 20.5. The Morgan fingerprint density at radius 2 is 2.00 bits per heavy atom. The fraction of sp³-hybridized carbons (Fsp3) is 0.188. The third kappa shape index (κ3) is 3.67. The van der Waals surface area contributed by atoms with Crippen LogP contribution in [0.5, 0.6) is 0 Å². The van der Waals surface area contributed by atoms with E-state index < -0.39 is 23.6 Å². The summed E-state index contributed by atoms with van der Waals surface area (Å²) in [4.78, 5) is 12.2. The third-order valence-electron chi connectivity index (χ3n) is 3.66. The van der Waals surface area contributed by atoms with Gasteiger partial charge >= 0.3 is 0 Å². The minimum Gasteiger partial charge on any atom is -0.322 e. The molecule has 2 atom stereocenters. The van der Waals surface area contributed by atoms with E-state index in [1.165, 1.54) is 0 Å². The number of anilines is 1. The molecular weight excluding hydrogens is 324 g/mol. The molecule has 1 aliphatic heterocycles. The van der Waals surface area contributed by atoms with E-state index in [9.17, 15) is 13.6 Å². The Kier molecular flexibility index (Phi) is 4.56. The highest BCUT2D eigenvalue weighted by Crippen LogP contribution is 2.25. The maximum Gasteiger partial charge on any atom is 0.243 e. The molecule has 2 aromatic carbocycles. The van der Waals surface area contributed by atoms with Crippen molar-refractivity contribution in [3.8, 4) is 0 Å². The van der Waals surface area contributed by atoms with Gasteiger partial charge in [-0.15, -0.1) is 0 Å². The highest BCUT2D eigenvalue weighted by atomic mass is 35.5. The van der Waals surface area contributed by atoms with E-state index in [2.05, 4.69) is 16.2 Å². The number of carbonyl (C=O) groups is 1. The van der Waals surface area contributed by atoms with Crippen LogP contribution in [0, 0.1) is 11.6 Å². The molecule has 1 fully saturated rings. The summed E-state index contributed by atoms with van der Waals surface area (Å²) in [5, 5.41) is 3.00. The van der Waals surface area contributed by atoms with Gasteiger partial charge in [0.2, 0.25) is 5.91 Å². The summed E-state index contributed by atoms with van der Waals surface area (Å²) in [6, 6.07) is 9.56. The van der Waals surface area contributed by atoms with E-state index >= 15 is 0 Å². The smallest absolute Gasteiger partial charge is 0.243 e. The van der Waals surface area contributed by atoms with E-state index in [1.54, 1.807) is 6.07 Å². The van der Waals surface area contributed by atoms with Crippen molar-refractivity contribution >= 4 is 23.2 Å². The van der Waals surface area contributed by atoms with E-state index in [1.807, 2.05) is 18.2 Å². The van der Waals surface area contributed by atoms with Crippen LogP contribution in [0.3, 0.4) is 0 Å². The molecule has 1 amide bonds. The topological polar surface area (TPSA) is 53.2 Å². The molecule has 7 heteroatoms. The summed E-state index contributed by atoms with van der Waals surface area (Å²) in [6.07, 6.45) is 0.461. The molecule has 1 heterocycles. The number of hydrazine groups is 1. The quantitative estimate of drug-likeness (QED) is 0.806. The van der Waals surface area contributed by atoms with Crippen molar-refractivity contribution < 1.29 is 13.6 Å². The van der Waals surface area contributed by atoms with Gasteiger partial charge in [0.05, 0.1) is 5.69 Å². The Morgan fingerprint density at radius 3 is 2.78 bits per heavy atom. The van der Waals surface area contributed by atoms with Crippen molar-refractivity contribution in [3.63, 3.8) is 0 Å². The Hall–Kier alpha value is -2.02. The minimum atomic E-state index is -0.683. The van der Waals surface area contributed by atoms with Crippen LogP contribution < -0.4 is 16.2 Å². The lowest BCUT2D eigenvalue weighted by Gasteiger charge is -2.11. The zero-order valence-corrected chi connectivity index (χ0v) is 12.7. The van der Waals surface area contributed by atoms with Gasteiger partial charge in [-0.3, -0.25) is 4.79 Å². The van der Waals surface area contributed by atoms with Crippen molar-refractivity contribution in [1.82, 2.24) is 10.9 Å². The lowest BCUT2D eigenvalue weighted by molar-refractivity contribution is -0.117. The molecule has 1 saturated heterocycles. The molecule has 0 spiro atoms. The predicted molar refractivity (Wildman–Crippen MR) is 83.9 cm³/mol.